The molecule has 4 heteroatoms. The Labute approximate surface area is 94.1 Å². The van der Waals surface area contributed by atoms with Crippen molar-refractivity contribution in [3.63, 3.8) is 0 Å². The summed E-state index contributed by atoms with van der Waals surface area (Å²) in [5, 5.41) is 0. The summed E-state index contributed by atoms with van der Waals surface area (Å²) in [6.45, 7) is 3.89. The summed E-state index contributed by atoms with van der Waals surface area (Å²) in [4.78, 5) is 11.6. The van der Waals surface area contributed by atoms with Gasteiger partial charge in [-0.2, -0.15) is 0 Å². The van der Waals surface area contributed by atoms with Crippen LogP contribution in [0.3, 0.4) is 0 Å². The maximum Gasteiger partial charge on any atom is 0.351 e. The number of hydrogen-bond donors (Lipinski definition) is 0. The molecular weight excluding hydrogens is 208 g/mol. The largest absolute Gasteiger partial charge is 0.482 e. The first-order valence-electron chi connectivity index (χ1n) is 5.31. The Kier molecular flexibility index (Phi) is 2.99. The maximum absolute atomic E-state index is 11.6. The number of ether oxygens (including phenoxy) is 3. The Hall–Kier alpha value is -1.71. The first-order valence-corrected chi connectivity index (χ1v) is 5.31. The van der Waals surface area contributed by atoms with Crippen LogP contribution in [0.4, 0.5) is 0 Å². The highest BCUT2D eigenvalue weighted by Gasteiger charge is 2.34. The van der Waals surface area contributed by atoms with Crippen LogP contribution in [0.25, 0.3) is 0 Å². The number of rotatable bonds is 2. The van der Waals surface area contributed by atoms with Gasteiger partial charge in [0.1, 0.15) is 6.10 Å². The van der Waals surface area contributed by atoms with E-state index in [9.17, 15) is 4.79 Å². The SMILES string of the molecule is CCOC(=O)[C@@H]1Oc2ccccc2O[C@H]1C. The smallest absolute Gasteiger partial charge is 0.351 e. The van der Waals surface area contributed by atoms with Crippen molar-refractivity contribution in [2.45, 2.75) is 26.1 Å². The highest BCUT2D eigenvalue weighted by molar-refractivity contribution is 5.76. The molecule has 4 nitrogen and oxygen atoms in total. The van der Waals surface area contributed by atoms with Crippen LogP contribution in [0.5, 0.6) is 11.5 Å². The van der Waals surface area contributed by atoms with E-state index in [1.54, 1.807) is 19.9 Å². The van der Waals surface area contributed by atoms with Gasteiger partial charge in [-0.15, -0.1) is 0 Å². The van der Waals surface area contributed by atoms with E-state index in [-0.39, 0.29) is 12.1 Å². The Balaban J connectivity index is 2.18. The van der Waals surface area contributed by atoms with Crippen molar-refractivity contribution in [3.8, 4) is 11.5 Å². The Morgan fingerprint density at radius 2 is 1.94 bits per heavy atom. The van der Waals surface area contributed by atoms with Gasteiger partial charge in [0.05, 0.1) is 6.61 Å². The molecule has 0 radical (unpaired) electrons. The minimum Gasteiger partial charge on any atom is -0.482 e. The molecule has 1 aliphatic rings. The van der Waals surface area contributed by atoms with E-state index in [1.807, 2.05) is 18.2 Å². The van der Waals surface area contributed by atoms with Gasteiger partial charge in [-0.1, -0.05) is 12.1 Å². The quantitative estimate of drug-likeness (QED) is 0.715. The summed E-state index contributed by atoms with van der Waals surface area (Å²) in [7, 11) is 0. The van der Waals surface area contributed by atoms with E-state index >= 15 is 0 Å². The Bertz CT molecular complexity index is 388. The average molecular weight is 222 g/mol. The summed E-state index contributed by atoms with van der Waals surface area (Å²) in [5.74, 6) is 0.860. The molecular formula is C12H14O4. The molecule has 0 aliphatic carbocycles. The molecule has 0 unspecified atom stereocenters. The van der Waals surface area contributed by atoms with Gasteiger partial charge in [-0.25, -0.2) is 4.79 Å². The second kappa shape index (κ2) is 4.43. The van der Waals surface area contributed by atoms with Gasteiger partial charge in [0.2, 0.25) is 6.10 Å². The van der Waals surface area contributed by atoms with Crippen molar-refractivity contribution in [1.82, 2.24) is 0 Å². The lowest BCUT2D eigenvalue weighted by molar-refractivity contribution is -0.157. The molecule has 1 aromatic rings. The lowest BCUT2D eigenvalue weighted by atomic mass is 10.2. The number of carbonyl (C=O) groups is 1. The van der Waals surface area contributed by atoms with Crippen LogP contribution in [-0.2, 0) is 9.53 Å². The second-order valence-corrected chi connectivity index (χ2v) is 3.56. The van der Waals surface area contributed by atoms with Crippen molar-refractivity contribution >= 4 is 5.97 Å². The zero-order valence-corrected chi connectivity index (χ0v) is 9.30. The Morgan fingerprint density at radius 1 is 1.31 bits per heavy atom. The summed E-state index contributed by atoms with van der Waals surface area (Å²) < 4.78 is 16.1. The van der Waals surface area contributed by atoms with Gasteiger partial charge in [-0.05, 0) is 26.0 Å². The normalized spacial score (nSPS) is 22.6. The first-order chi connectivity index (χ1) is 7.72. The van der Waals surface area contributed by atoms with E-state index in [4.69, 9.17) is 14.2 Å². The van der Waals surface area contributed by atoms with Crippen LogP contribution in [0.2, 0.25) is 0 Å². The molecule has 2 atom stereocenters. The molecule has 1 aliphatic heterocycles. The summed E-state index contributed by atoms with van der Waals surface area (Å²) in [5.41, 5.74) is 0. The van der Waals surface area contributed by atoms with Crippen LogP contribution in [0.15, 0.2) is 24.3 Å². The molecule has 86 valence electrons. The van der Waals surface area contributed by atoms with E-state index in [0.717, 1.165) is 0 Å². The fraction of sp³-hybridized carbons (Fsp3) is 0.417. The molecule has 0 spiro atoms. The van der Waals surface area contributed by atoms with Gasteiger partial charge in [0.25, 0.3) is 0 Å². The summed E-state index contributed by atoms with van der Waals surface area (Å²) in [6.07, 6.45) is -1.02. The van der Waals surface area contributed by atoms with Crippen molar-refractivity contribution in [3.05, 3.63) is 24.3 Å². The van der Waals surface area contributed by atoms with Gasteiger partial charge >= 0.3 is 5.97 Å². The van der Waals surface area contributed by atoms with Crippen LogP contribution in [-0.4, -0.2) is 24.8 Å². The predicted octanol–water partition coefficient (Wildman–Crippen LogP) is 1.78. The van der Waals surface area contributed by atoms with E-state index in [2.05, 4.69) is 0 Å². The fourth-order valence-corrected chi connectivity index (χ4v) is 1.60. The van der Waals surface area contributed by atoms with Crippen LogP contribution in [0.1, 0.15) is 13.8 Å². The standard InChI is InChI=1S/C12H14O4/c1-3-14-12(13)11-8(2)15-9-6-4-5-7-10(9)16-11/h4-8,11H,3H2,1-2H3/t8-,11+/m0/s1. The molecule has 0 bridgehead atoms. The number of esters is 1. The molecule has 16 heavy (non-hydrogen) atoms. The van der Waals surface area contributed by atoms with Gasteiger partial charge in [0.15, 0.2) is 11.5 Å². The van der Waals surface area contributed by atoms with Crippen LogP contribution in [0, 0.1) is 0 Å². The minimum absolute atomic E-state index is 0.339. The van der Waals surface area contributed by atoms with Gasteiger partial charge in [-0.3, -0.25) is 0 Å². The van der Waals surface area contributed by atoms with Crippen molar-refractivity contribution in [1.29, 1.82) is 0 Å². The third kappa shape index (κ3) is 1.96. The van der Waals surface area contributed by atoms with Gasteiger partial charge in [0, 0.05) is 0 Å². The summed E-state index contributed by atoms with van der Waals surface area (Å²) in [6, 6.07) is 7.28. The highest BCUT2D eigenvalue weighted by atomic mass is 16.6. The zero-order chi connectivity index (χ0) is 11.5. The minimum atomic E-state index is -0.685. The van der Waals surface area contributed by atoms with Crippen molar-refractivity contribution in [2.75, 3.05) is 6.61 Å². The monoisotopic (exact) mass is 222 g/mol. The van der Waals surface area contributed by atoms with Crippen molar-refractivity contribution < 1.29 is 19.0 Å². The molecule has 1 aromatic carbocycles. The van der Waals surface area contributed by atoms with Crippen LogP contribution < -0.4 is 9.47 Å². The van der Waals surface area contributed by atoms with Crippen molar-refractivity contribution in [2.24, 2.45) is 0 Å². The van der Waals surface area contributed by atoms with E-state index in [0.29, 0.717) is 18.1 Å². The molecule has 0 saturated heterocycles. The maximum atomic E-state index is 11.6. The molecule has 0 aromatic heterocycles. The molecule has 0 fully saturated rings. The lowest BCUT2D eigenvalue weighted by Gasteiger charge is -2.30. The summed E-state index contributed by atoms with van der Waals surface area (Å²) >= 11 is 0. The first kappa shape index (κ1) is 10.8. The molecule has 0 saturated carbocycles. The molecule has 0 amide bonds. The number of hydrogen-bond acceptors (Lipinski definition) is 4. The average Bonchev–Trinajstić information content (AvgIpc) is 2.28. The van der Waals surface area contributed by atoms with Crippen LogP contribution >= 0.6 is 0 Å². The number of benzene rings is 1. The fourth-order valence-electron chi connectivity index (χ4n) is 1.60. The number of fused-ring (bicyclic) bond motifs is 1. The van der Waals surface area contributed by atoms with Gasteiger partial charge < -0.3 is 14.2 Å². The number of carbonyl (C=O) groups excluding carboxylic acids is 1. The molecule has 0 N–H and O–H groups in total. The van der Waals surface area contributed by atoms with E-state index < -0.39 is 6.10 Å². The third-order valence-corrected chi connectivity index (χ3v) is 2.36. The third-order valence-electron chi connectivity index (χ3n) is 2.36. The molecule has 1 heterocycles. The molecule has 2 rings (SSSR count). The topological polar surface area (TPSA) is 44.8 Å². The zero-order valence-electron chi connectivity index (χ0n) is 9.30. The second-order valence-electron chi connectivity index (χ2n) is 3.56. The van der Waals surface area contributed by atoms with E-state index in [1.165, 1.54) is 0 Å². The Morgan fingerprint density at radius 3 is 2.56 bits per heavy atom. The predicted molar refractivity (Wildman–Crippen MR) is 57.6 cm³/mol. The lowest BCUT2D eigenvalue weighted by Crippen LogP contribution is -2.44. The highest BCUT2D eigenvalue weighted by Crippen LogP contribution is 2.33. The number of para-hydroxylation sites is 2.